The summed E-state index contributed by atoms with van der Waals surface area (Å²) in [5, 5.41) is 8.03. The molecule has 2 N–H and O–H groups in total. The van der Waals surface area contributed by atoms with Crippen LogP contribution in [0.2, 0.25) is 0 Å². The first-order valence-electron chi connectivity index (χ1n) is 5.72. The van der Waals surface area contributed by atoms with E-state index in [0.717, 1.165) is 6.42 Å². The normalized spacial score (nSPS) is 10.8. The summed E-state index contributed by atoms with van der Waals surface area (Å²) in [7, 11) is 0. The van der Waals surface area contributed by atoms with E-state index >= 15 is 0 Å². The summed E-state index contributed by atoms with van der Waals surface area (Å²) in [5.74, 6) is 1.08. The molecule has 0 spiro atoms. The van der Waals surface area contributed by atoms with Gasteiger partial charge in [-0.25, -0.2) is 4.39 Å². The highest BCUT2D eigenvalue weighted by Gasteiger charge is 2.15. The van der Waals surface area contributed by atoms with Gasteiger partial charge in [-0.15, -0.1) is 21.8 Å². The summed E-state index contributed by atoms with van der Waals surface area (Å²) >= 11 is 5.81. The molecule has 1 aromatic carbocycles. The molecule has 0 saturated heterocycles. The first kappa shape index (κ1) is 13.0. The number of hydrogen-bond acceptors (Lipinski definition) is 3. The fourth-order valence-corrected chi connectivity index (χ4v) is 1.95. The van der Waals surface area contributed by atoms with Gasteiger partial charge in [-0.05, 0) is 25.1 Å². The van der Waals surface area contributed by atoms with E-state index in [0.29, 0.717) is 30.3 Å². The van der Waals surface area contributed by atoms with Crippen LogP contribution in [0.5, 0.6) is 0 Å². The van der Waals surface area contributed by atoms with Crippen molar-refractivity contribution in [2.45, 2.75) is 18.7 Å². The van der Waals surface area contributed by atoms with Gasteiger partial charge in [0.15, 0.2) is 5.82 Å². The van der Waals surface area contributed by atoms with Crippen LogP contribution in [0.25, 0.3) is 5.69 Å². The second-order valence-corrected chi connectivity index (χ2v) is 4.11. The van der Waals surface area contributed by atoms with Gasteiger partial charge in [0, 0.05) is 6.42 Å². The zero-order valence-electron chi connectivity index (χ0n) is 9.81. The van der Waals surface area contributed by atoms with Gasteiger partial charge in [0.1, 0.15) is 11.6 Å². The van der Waals surface area contributed by atoms with Crippen molar-refractivity contribution in [3.05, 3.63) is 41.7 Å². The largest absolute Gasteiger partial charge is 0.330 e. The van der Waals surface area contributed by atoms with Crippen LogP contribution in [0.15, 0.2) is 24.3 Å². The molecule has 0 fully saturated rings. The molecular weight excluding hydrogens is 255 g/mol. The average molecular weight is 269 g/mol. The Labute approximate surface area is 110 Å². The molecule has 0 aliphatic carbocycles. The average Bonchev–Trinajstić information content (AvgIpc) is 2.79. The predicted octanol–water partition coefficient (Wildman–Crippen LogP) is 2.04. The Bertz CT molecular complexity index is 527. The fourth-order valence-electron chi connectivity index (χ4n) is 1.77. The molecule has 96 valence electrons. The van der Waals surface area contributed by atoms with E-state index in [4.69, 9.17) is 17.3 Å². The van der Waals surface area contributed by atoms with Crippen LogP contribution in [0, 0.1) is 5.82 Å². The third-order valence-corrected chi connectivity index (χ3v) is 2.85. The van der Waals surface area contributed by atoms with Crippen molar-refractivity contribution in [3.8, 4) is 5.69 Å². The molecule has 1 heterocycles. The topological polar surface area (TPSA) is 56.7 Å². The Kier molecular flexibility index (Phi) is 4.28. The summed E-state index contributed by atoms with van der Waals surface area (Å²) in [6.07, 6.45) is 1.42. The number of para-hydroxylation sites is 1. The Morgan fingerprint density at radius 3 is 2.61 bits per heavy atom. The zero-order valence-corrected chi connectivity index (χ0v) is 10.6. The molecule has 0 radical (unpaired) electrons. The minimum Gasteiger partial charge on any atom is -0.330 e. The molecule has 1 aromatic heterocycles. The third kappa shape index (κ3) is 2.52. The van der Waals surface area contributed by atoms with E-state index in [1.165, 1.54) is 6.07 Å². The molecule has 6 heteroatoms. The molecule has 18 heavy (non-hydrogen) atoms. The van der Waals surface area contributed by atoms with Crippen molar-refractivity contribution in [2.75, 3.05) is 6.54 Å². The number of nitrogens with zero attached hydrogens (tertiary/aromatic N) is 3. The maximum absolute atomic E-state index is 13.8. The van der Waals surface area contributed by atoms with E-state index in [1.54, 1.807) is 22.8 Å². The number of hydrogen-bond donors (Lipinski definition) is 1. The Morgan fingerprint density at radius 1 is 1.22 bits per heavy atom. The smallest absolute Gasteiger partial charge is 0.152 e. The molecule has 2 rings (SSSR count). The van der Waals surface area contributed by atoms with Crippen molar-refractivity contribution >= 4 is 11.6 Å². The molecule has 0 saturated carbocycles. The number of benzene rings is 1. The maximum Gasteiger partial charge on any atom is 0.152 e. The second-order valence-electron chi connectivity index (χ2n) is 3.85. The quantitative estimate of drug-likeness (QED) is 0.845. The first-order valence-corrected chi connectivity index (χ1v) is 6.25. The van der Waals surface area contributed by atoms with Gasteiger partial charge in [-0.3, -0.25) is 4.57 Å². The lowest BCUT2D eigenvalue weighted by atomic mass is 10.2. The molecule has 4 nitrogen and oxygen atoms in total. The molecule has 0 amide bonds. The van der Waals surface area contributed by atoms with E-state index in [-0.39, 0.29) is 11.7 Å². The van der Waals surface area contributed by atoms with E-state index in [1.807, 2.05) is 0 Å². The summed E-state index contributed by atoms with van der Waals surface area (Å²) < 4.78 is 15.5. The zero-order chi connectivity index (χ0) is 13.0. The van der Waals surface area contributed by atoms with Crippen molar-refractivity contribution in [1.29, 1.82) is 0 Å². The van der Waals surface area contributed by atoms with Gasteiger partial charge in [0.05, 0.1) is 11.6 Å². The molecule has 0 aliphatic heterocycles. The van der Waals surface area contributed by atoms with Gasteiger partial charge in [-0.2, -0.15) is 0 Å². The van der Waals surface area contributed by atoms with E-state index < -0.39 is 0 Å². The summed E-state index contributed by atoms with van der Waals surface area (Å²) in [6, 6.07) is 6.49. The standard InChI is InChI=1S/C12H14ClFN4/c13-8-12-17-16-11(6-3-7-15)18(12)10-5-2-1-4-9(10)14/h1-2,4-5H,3,6-8,15H2. The Balaban J connectivity index is 2.47. The SMILES string of the molecule is NCCCc1nnc(CCl)n1-c1ccccc1F. The number of nitrogens with two attached hydrogens (primary N) is 1. The van der Waals surface area contributed by atoms with Gasteiger partial charge >= 0.3 is 0 Å². The number of rotatable bonds is 5. The third-order valence-electron chi connectivity index (χ3n) is 2.61. The van der Waals surface area contributed by atoms with Crippen LogP contribution in [-0.2, 0) is 12.3 Å². The van der Waals surface area contributed by atoms with Crippen LogP contribution in [-0.4, -0.2) is 21.3 Å². The minimum absolute atomic E-state index is 0.184. The number of alkyl halides is 1. The van der Waals surface area contributed by atoms with Crippen molar-refractivity contribution in [3.63, 3.8) is 0 Å². The highest BCUT2D eigenvalue weighted by molar-refractivity contribution is 6.16. The van der Waals surface area contributed by atoms with Crippen molar-refractivity contribution in [1.82, 2.24) is 14.8 Å². The van der Waals surface area contributed by atoms with E-state index in [2.05, 4.69) is 10.2 Å². The second kappa shape index (κ2) is 5.93. The molecule has 0 bridgehead atoms. The lowest BCUT2D eigenvalue weighted by Crippen LogP contribution is -2.09. The lowest BCUT2D eigenvalue weighted by Gasteiger charge is -2.09. The van der Waals surface area contributed by atoms with Crippen LogP contribution in [0.1, 0.15) is 18.1 Å². The highest BCUT2D eigenvalue weighted by Crippen LogP contribution is 2.18. The van der Waals surface area contributed by atoms with E-state index in [9.17, 15) is 4.39 Å². The highest BCUT2D eigenvalue weighted by atomic mass is 35.5. The van der Waals surface area contributed by atoms with Gasteiger partial charge in [0.2, 0.25) is 0 Å². The predicted molar refractivity (Wildman–Crippen MR) is 68.2 cm³/mol. The summed E-state index contributed by atoms with van der Waals surface area (Å²) in [5.41, 5.74) is 5.90. The van der Waals surface area contributed by atoms with Gasteiger partial charge < -0.3 is 5.73 Å². The van der Waals surface area contributed by atoms with Crippen LogP contribution in [0.4, 0.5) is 4.39 Å². The molecule has 0 aliphatic rings. The molecule has 0 unspecified atom stereocenters. The number of aromatic nitrogens is 3. The first-order chi connectivity index (χ1) is 8.77. The van der Waals surface area contributed by atoms with Crippen LogP contribution >= 0.6 is 11.6 Å². The Morgan fingerprint density at radius 2 is 1.94 bits per heavy atom. The number of aryl methyl sites for hydroxylation is 1. The molecule has 0 atom stereocenters. The van der Waals surface area contributed by atoms with Gasteiger partial charge in [-0.1, -0.05) is 12.1 Å². The maximum atomic E-state index is 13.8. The minimum atomic E-state index is -0.322. The monoisotopic (exact) mass is 268 g/mol. The van der Waals surface area contributed by atoms with Gasteiger partial charge in [0.25, 0.3) is 0 Å². The van der Waals surface area contributed by atoms with Crippen molar-refractivity contribution in [2.24, 2.45) is 5.73 Å². The summed E-state index contributed by atoms with van der Waals surface area (Å²) in [6.45, 7) is 0.556. The fraction of sp³-hybridized carbons (Fsp3) is 0.333. The Hall–Kier alpha value is -1.46. The molecule has 2 aromatic rings. The number of halogens is 2. The molecular formula is C12H14ClFN4. The lowest BCUT2D eigenvalue weighted by molar-refractivity contribution is 0.611. The van der Waals surface area contributed by atoms with Crippen LogP contribution in [0.3, 0.4) is 0 Å². The van der Waals surface area contributed by atoms with Crippen LogP contribution < -0.4 is 5.73 Å². The van der Waals surface area contributed by atoms with Crippen molar-refractivity contribution < 1.29 is 4.39 Å². The summed E-state index contributed by atoms with van der Waals surface area (Å²) in [4.78, 5) is 0.